The van der Waals surface area contributed by atoms with Crippen LogP contribution in [0.15, 0.2) is 0 Å². The van der Waals surface area contributed by atoms with Crippen molar-refractivity contribution in [1.29, 1.82) is 5.26 Å². The number of carbonyl (C=O) groups excluding carboxylic acids is 1. The summed E-state index contributed by atoms with van der Waals surface area (Å²) in [7, 11) is 0. The fourth-order valence-electron chi connectivity index (χ4n) is 0.0211. The Morgan fingerprint density at radius 2 is 2.50 bits per heavy atom. The number of rotatable bonds is 0. The lowest BCUT2D eigenvalue weighted by Crippen LogP contribution is -2.06. The standard InChI is InChI=1S/C2HBrN2O/c3-5-2(6)1-4/h(H,5,6). The van der Waals surface area contributed by atoms with E-state index in [1.807, 2.05) is 4.34 Å². The average molecular weight is 149 g/mol. The maximum absolute atomic E-state index is 9.66. The van der Waals surface area contributed by atoms with Crippen molar-refractivity contribution in [2.24, 2.45) is 0 Å². The van der Waals surface area contributed by atoms with Gasteiger partial charge in [0, 0.05) is 16.1 Å². The second-order valence-electron chi connectivity index (χ2n) is 0.535. The van der Waals surface area contributed by atoms with Crippen LogP contribution in [0.25, 0.3) is 0 Å². The van der Waals surface area contributed by atoms with Crippen LogP contribution < -0.4 is 4.34 Å². The van der Waals surface area contributed by atoms with Gasteiger partial charge in [-0.2, -0.15) is 5.26 Å². The molecule has 0 aliphatic heterocycles. The van der Waals surface area contributed by atoms with Gasteiger partial charge in [-0.3, -0.25) is 9.14 Å². The lowest BCUT2D eigenvalue weighted by Gasteiger charge is -1.73. The quantitative estimate of drug-likeness (QED) is 0.387. The molecule has 6 heavy (non-hydrogen) atoms. The summed E-state index contributed by atoms with van der Waals surface area (Å²) in [6.45, 7) is 0. The summed E-state index contributed by atoms with van der Waals surface area (Å²) in [5.74, 6) is -0.685. The summed E-state index contributed by atoms with van der Waals surface area (Å²) in [6, 6.07) is 1.32. The number of hydrogen-bond donors (Lipinski definition) is 1. The molecule has 3 nitrogen and oxygen atoms in total. The number of hydrogen-bond acceptors (Lipinski definition) is 2. The van der Waals surface area contributed by atoms with E-state index in [1.165, 1.54) is 6.07 Å². The van der Waals surface area contributed by atoms with Gasteiger partial charge in [-0.05, 0) is 0 Å². The minimum absolute atomic E-state index is 0.685. The van der Waals surface area contributed by atoms with Crippen LogP contribution in [0.1, 0.15) is 0 Å². The molecule has 0 radical (unpaired) electrons. The summed E-state index contributed by atoms with van der Waals surface area (Å²) < 4.78 is 1.93. The lowest BCUT2D eigenvalue weighted by atomic mass is 10.7. The summed E-state index contributed by atoms with van der Waals surface area (Å²) in [6.07, 6.45) is 0. The van der Waals surface area contributed by atoms with Crippen molar-refractivity contribution >= 4 is 22.1 Å². The molecule has 0 unspecified atom stereocenters. The average Bonchev–Trinajstić information content (AvgIpc) is 1.65. The molecule has 0 bridgehead atoms. The van der Waals surface area contributed by atoms with E-state index in [4.69, 9.17) is 5.26 Å². The fourth-order valence-corrected chi connectivity index (χ4v) is 0.110. The van der Waals surface area contributed by atoms with Gasteiger partial charge < -0.3 is 0 Å². The third kappa shape index (κ3) is 1.73. The van der Waals surface area contributed by atoms with E-state index in [2.05, 4.69) is 16.1 Å². The minimum atomic E-state index is -0.685. The number of carbonyl (C=O) groups is 1. The number of nitrogens with zero attached hydrogens (tertiary/aromatic N) is 1. The third-order valence-corrected chi connectivity index (χ3v) is 0.547. The zero-order valence-electron chi connectivity index (χ0n) is 2.73. The van der Waals surface area contributed by atoms with Gasteiger partial charge in [-0.25, -0.2) is 0 Å². The van der Waals surface area contributed by atoms with Crippen molar-refractivity contribution in [3.8, 4) is 6.07 Å². The molecule has 0 aliphatic rings. The third-order valence-electron chi connectivity index (χ3n) is 0.187. The molecular formula is C2HBrN2O. The highest BCUT2D eigenvalue weighted by atomic mass is 79.9. The zero-order chi connectivity index (χ0) is 4.99. The molecule has 0 aliphatic carbocycles. The highest BCUT2D eigenvalue weighted by Crippen LogP contribution is 1.64. The van der Waals surface area contributed by atoms with Crippen molar-refractivity contribution in [2.45, 2.75) is 0 Å². The van der Waals surface area contributed by atoms with Crippen molar-refractivity contribution in [2.75, 3.05) is 0 Å². The van der Waals surface area contributed by atoms with E-state index in [-0.39, 0.29) is 0 Å². The van der Waals surface area contributed by atoms with E-state index >= 15 is 0 Å². The molecule has 0 aromatic heterocycles. The lowest BCUT2D eigenvalue weighted by molar-refractivity contribution is -0.113. The van der Waals surface area contributed by atoms with E-state index in [0.29, 0.717) is 0 Å². The SMILES string of the molecule is N#CC(=O)NBr. The Kier molecular flexibility index (Phi) is 2.42. The molecular weight excluding hydrogens is 148 g/mol. The molecule has 0 heterocycles. The highest BCUT2D eigenvalue weighted by Gasteiger charge is 1.86. The van der Waals surface area contributed by atoms with Crippen LogP contribution in [-0.4, -0.2) is 5.91 Å². The van der Waals surface area contributed by atoms with Crippen LogP contribution in [0.5, 0.6) is 0 Å². The Morgan fingerprint density at radius 1 is 2.00 bits per heavy atom. The van der Waals surface area contributed by atoms with Gasteiger partial charge in [-0.1, -0.05) is 0 Å². The normalized spacial score (nSPS) is 6.00. The van der Waals surface area contributed by atoms with Crippen molar-refractivity contribution in [1.82, 2.24) is 4.34 Å². The topological polar surface area (TPSA) is 52.9 Å². The molecule has 0 saturated carbocycles. The Bertz CT molecular complexity index is 94.2. The summed E-state index contributed by atoms with van der Waals surface area (Å²) in [5, 5.41) is 7.64. The maximum atomic E-state index is 9.66. The molecule has 1 N–H and O–H groups in total. The molecule has 0 spiro atoms. The Labute approximate surface area is 43.3 Å². The maximum Gasteiger partial charge on any atom is 0.332 e. The molecule has 0 aromatic rings. The van der Waals surface area contributed by atoms with Crippen molar-refractivity contribution in [3.63, 3.8) is 0 Å². The second-order valence-corrected chi connectivity index (χ2v) is 0.932. The molecule has 1 amide bonds. The molecule has 32 valence electrons. The molecule has 0 fully saturated rings. The molecule has 0 atom stereocenters. The Morgan fingerprint density at radius 3 is 2.50 bits per heavy atom. The van der Waals surface area contributed by atoms with Crippen LogP contribution in [0.3, 0.4) is 0 Å². The highest BCUT2D eigenvalue weighted by molar-refractivity contribution is 9.08. The van der Waals surface area contributed by atoms with Gasteiger partial charge >= 0.3 is 5.91 Å². The minimum Gasteiger partial charge on any atom is -0.280 e. The predicted octanol–water partition coefficient (Wildman–Crippen LogP) is -0.0639. The summed E-state index contributed by atoms with van der Waals surface area (Å²) in [4.78, 5) is 9.66. The van der Waals surface area contributed by atoms with E-state index in [9.17, 15) is 4.79 Å². The first-order chi connectivity index (χ1) is 2.81. The zero-order valence-corrected chi connectivity index (χ0v) is 4.32. The van der Waals surface area contributed by atoms with E-state index in [1.54, 1.807) is 0 Å². The molecule has 4 heteroatoms. The molecule has 0 saturated heterocycles. The monoisotopic (exact) mass is 148 g/mol. The molecule has 0 rings (SSSR count). The first-order valence-corrected chi connectivity index (χ1v) is 1.91. The summed E-state index contributed by atoms with van der Waals surface area (Å²) in [5.41, 5.74) is 0. The van der Waals surface area contributed by atoms with Gasteiger partial charge in [0.05, 0.1) is 0 Å². The van der Waals surface area contributed by atoms with Crippen LogP contribution in [0, 0.1) is 11.3 Å². The van der Waals surface area contributed by atoms with Gasteiger partial charge in [0.25, 0.3) is 0 Å². The number of halogens is 1. The Hall–Kier alpha value is -0.560. The smallest absolute Gasteiger partial charge is 0.280 e. The van der Waals surface area contributed by atoms with Gasteiger partial charge in [0.15, 0.2) is 6.07 Å². The Balaban J connectivity index is 3.33. The van der Waals surface area contributed by atoms with Crippen LogP contribution in [-0.2, 0) is 4.79 Å². The second kappa shape index (κ2) is 2.67. The first-order valence-electron chi connectivity index (χ1n) is 1.12. The van der Waals surface area contributed by atoms with Gasteiger partial charge in [0.1, 0.15) is 0 Å². The van der Waals surface area contributed by atoms with E-state index in [0.717, 1.165) is 0 Å². The molecule has 0 aromatic carbocycles. The van der Waals surface area contributed by atoms with Crippen molar-refractivity contribution in [3.05, 3.63) is 0 Å². The predicted molar refractivity (Wildman–Crippen MR) is 22.7 cm³/mol. The van der Waals surface area contributed by atoms with Gasteiger partial charge in [-0.15, -0.1) is 0 Å². The van der Waals surface area contributed by atoms with E-state index < -0.39 is 5.91 Å². The van der Waals surface area contributed by atoms with Gasteiger partial charge in [0.2, 0.25) is 0 Å². The fraction of sp³-hybridized carbons (Fsp3) is 0. The van der Waals surface area contributed by atoms with Crippen LogP contribution in [0.4, 0.5) is 0 Å². The van der Waals surface area contributed by atoms with Crippen LogP contribution >= 0.6 is 16.1 Å². The van der Waals surface area contributed by atoms with Crippen molar-refractivity contribution < 1.29 is 4.79 Å². The van der Waals surface area contributed by atoms with Crippen LogP contribution in [0.2, 0.25) is 0 Å². The summed E-state index contributed by atoms with van der Waals surface area (Å²) >= 11 is 2.55. The number of amides is 1. The first kappa shape index (κ1) is 5.44. The largest absolute Gasteiger partial charge is 0.332 e. The number of nitrogens with one attached hydrogen (secondary N) is 1. The number of nitriles is 1.